The molecular formula is C27H33N6O5Rb. The normalized spacial score (nSPS) is 15.6. The summed E-state index contributed by atoms with van der Waals surface area (Å²) in [6, 6.07) is 16.9. The summed E-state index contributed by atoms with van der Waals surface area (Å²) in [4.78, 5) is 44.8. The number of aliphatic carboxylic acids is 1. The fraction of sp³-hybridized carbons (Fsp3) is 0.407. The summed E-state index contributed by atoms with van der Waals surface area (Å²) in [5.74, 6) is -0.587. The second-order valence-electron chi connectivity index (χ2n) is 9.10. The van der Waals surface area contributed by atoms with Gasteiger partial charge < -0.3 is 35.6 Å². The van der Waals surface area contributed by atoms with E-state index in [9.17, 15) is 19.5 Å². The van der Waals surface area contributed by atoms with Crippen molar-refractivity contribution in [2.45, 2.75) is 31.9 Å². The van der Waals surface area contributed by atoms with Gasteiger partial charge in [-0.2, -0.15) is 12.1 Å². The van der Waals surface area contributed by atoms with Crippen LogP contribution in [0.5, 0.6) is 0 Å². The van der Waals surface area contributed by atoms with Crippen LogP contribution in [-0.4, -0.2) is 79.2 Å². The summed E-state index contributed by atoms with van der Waals surface area (Å²) < 4.78 is 5.10. The zero-order chi connectivity index (χ0) is 26.7. The molecule has 0 saturated carbocycles. The van der Waals surface area contributed by atoms with E-state index in [0.29, 0.717) is 26.2 Å². The molecule has 2 aliphatic heterocycles. The van der Waals surface area contributed by atoms with Crippen molar-refractivity contribution in [1.82, 2.24) is 15.5 Å². The Bertz CT molecular complexity index is 1140. The van der Waals surface area contributed by atoms with E-state index in [0.717, 1.165) is 42.4 Å². The van der Waals surface area contributed by atoms with E-state index in [1.54, 1.807) is 17.0 Å². The van der Waals surface area contributed by atoms with Crippen molar-refractivity contribution in [2.75, 3.05) is 49.5 Å². The Hall–Kier alpha value is -2.47. The van der Waals surface area contributed by atoms with Crippen molar-refractivity contribution in [1.29, 1.82) is 0 Å². The number of piperazine rings is 1. The smallest absolute Gasteiger partial charge is 0.480 e. The number of rotatable bonds is 9. The van der Waals surface area contributed by atoms with E-state index < -0.39 is 18.1 Å². The number of carboxylic acid groups (broad SMARTS) is 1. The topological polar surface area (TPSA) is 136 Å². The van der Waals surface area contributed by atoms with E-state index in [2.05, 4.69) is 31.9 Å². The van der Waals surface area contributed by atoms with Crippen LogP contribution < -0.4 is 79.0 Å². The van der Waals surface area contributed by atoms with Crippen molar-refractivity contribution < 1.29 is 82.4 Å². The third kappa shape index (κ3) is 9.89. The zero-order valence-corrected chi connectivity index (χ0v) is 27.1. The molecule has 12 heteroatoms. The molecule has 0 radical (unpaired) electrons. The molecule has 0 aromatic heterocycles. The number of anilines is 2. The van der Waals surface area contributed by atoms with E-state index in [4.69, 9.17) is 4.74 Å². The molecule has 0 unspecified atom stereocenters. The number of carboxylic acids is 1. The third-order valence-corrected chi connectivity index (χ3v) is 6.37. The van der Waals surface area contributed by atoms with Crippen LogP contribution in [0.4, 0.5) is 16.2 Å². The van der Waals surface area contributed by atoms with Gasteiger partial charge in [0.25, 0.3) is 0 Å². The van der Waals surface area contributed by atoms with Gasteiger partial charge in [-0.05, 0) is 18.4 Å². The Morgan fingerprint density at radius 2 is 1.90 bits per heavy atom. The molecule has 0 aliphatic carbocycles. The SMILES string of the molecule is O=C(N[C@@H](CCC(=O)N1CCN(c2[c-]ccc(NC3=NCCCN3)c2)CC1)C(=O)O)OCc1ccccc1.[Rb+]. The van der Waals surface area contributed by atoms with Crippen LogP contribution in [0.25, 0.3) is 0 Å². The van der Waals surface area contributed by atoms with Gasteiger partial charge in [-0.3, -0.25) is 9.79 Å². The predicted octanol–water partition coefficient (Wildman–Crippen LogP) is -0.940. The molecule has 2 aromatic carbocycles. The molecule has 2 amide bonds. The summed E-state index contributed by atoms with van der Waals surface area (Å²) >= 11 is 0. The Morgan fingerprint density at radius 3 is 2.59 bits per heavy atom. The molecule has 1 saturated heterocycles. The van der Waals surface area contributed by atoms with Crippen molar-refractivity contribution in [3.63, 3.8) is 0 Å². The number of hydrogen-bond donors (Lipinski definition) is 4. The van der Waals surface area contributed by atoms with E-state index in [-0.39, 0.29) is 83.5 Å². The molecule has 39 heavy (non-hydrogen) atoms. The molecule has 4 N–H and O–H groups in total. The Kier molecular flexibility index (Phi) is 12.7. The average Bonchev–Trinajstić information content (AvgIpc) is 2.95. The van der Waals surface area contributed by atoms with Crippen molar-refractivity contribution in [3.8, 4) is 0 Å². The van der Waals surface area contributed by atoms with Gasteiger partial charge in [-0.25, -0.2) is 9.59 Å². The Morgan fingerprint density at radius 1 is 1.13 bits per heavy atom. The van der Waals surface area contributed by atoms with E-state index in [1.807, 2.05) is 36.4 Å². The number of hydrogen-bond acceptors (Lipinski definition) is 8. The van der Waals surface area contributed by atoms with Gasteiger partial charge in [-0.1, -0.05) is 41.7 Å². The second-order valence-corrected chi connectivity index (χ2v) is 9.10. The number of aliphatic imine (C=N–C) groups is 1. The van der Waals surface area contributed by atoms with Crippen LogP contribution in [-0.2, 0) is 20.9 Å². The van der Waals surface area contributed by atoms with Gasteiger partial charge in [0.05, 0.1) is 0 Å². The number of alkyl carbamates (subject to hydrolysis) is 1. The number of carbonyl (C=O) groups is 3. The minimum absolute atomic E-state index is 0. The number of amides is 2. The first-order valence-corrected chi connectivity index (χ1v) is 12.8. The maximum atomic E-state index is 12.8. The summed E-state index contributed by atoms with van der Waals surface area (Å²) in [5.41, 5.74) is 2.64. The van der Waals surface area contributed by atoms with E-state index >= 15 is 0 Å². The first-order valence-electron chi connectivity index (χ1n) is 12.8. The molecule has 202 valence electrons. The van der Waals surface area contributed by atoms with Crippen LogP contribution in [0.3, 0.4) is 0 Å². The summed E-state index contributed by atoms with van der Waals surface area (Å²) in [6.07, 6.45) is 0.184. The fourth-order valence-corrected chi connectivity index (χ4v) is 4.25. The molecule has 2 heterocycles. The second kappa shape index (κ2) is 16.0. The molecular weight excluding hydrogens is 574 g/mol. The van der Waals surface area contributed by atoms with Crippen LogP contribution >= 0.6 is 0 Å². The minimum Gasteiger partial charge on any atom is -0.480 e. The maximum absolute atomic E-state index is 12.8. The maximum Gasteiger partial charge on any atom is 1.00 e. The van der Waals surface area contributed by atoms with Gasteiger partial charge in [0.2, 0.25) is 5.91 Å². The Balaban J connectivity index is 0.00000420. The third-order valence-electron chi connectivity index (χ3n) is 6.37. The molecule has 1 fully saturated rings. The number of ether oxygens (including phenoxy) is 1. The number of carbonyl (C=O) groups excluding carboxylic acids is 2. The van der Waals surface area contributed by atoms with Crippen LogP contribution in [0.15, 0.2) is 53.5 Å². The molecule has 2 aliphatic rings. The van der Waals surface area contributed by atoms with Crippen LogP contribution in [0.2, 0.25) is 0 Å². The zero-order valence-electron chi connectivity index (χ0n) is 22.2. The summed E-state index contributed by atoms with van der Waals surface area (Å²) in [5, 5.41) is 18.4. The first-order chi connectivity index (χ1) is 18.5. The van der Waals surface area contributed by atoms with Crippen molar-refractivity contribution in [3.05, 3.63) is 60.2 Å². The van der Waals surface area contributed by atoms with Gasteiger partial charge in [0.1, 0.15) is 12.6 Å². The minimum atomic E-state index is -1.21. The number of guanidine groups is 1. The average molecular weight is 607 g/mol. The quantitative estimate of drug-likeness (QED) is 0.269. The van der Waals surface area contributed by atoms with Crippen LogP contribution in [0.1, 0.15) is 24.8 Å². The van der Waals surface area contributed by atoms with E-state index in [1.165, 1.54) is 0 Å². The molecule has 0 spiro atoms. The Labute approximate surface area is 277 Å². The fourth-order valence-electron chi connectivity index (χ4n) is 4.25. The molecule has 4 rings (SSSR count). The first kappa shape index (κ1) is 31.1. The van der Waals surface area contributed by atoms with Gasteiger partial charge in [0, 0.05) is 45.7 Å². The monoisotopic (exact) mass is 606 g/mol. The standard InChI is InChI=1S/C27H33N6O5.Rb/c34-24(11-10-23(25(35)36)31-27(37)38-19-20-6-2-1-3-7-20)33-16-14-32(15-17-33)22-9-4-8-21(18-22)30-26-28-12-5-13-29-26;/h1-4,6-8,18,23H,5,10-17,19H2,(H,31,37)(H,35,36)(H2,28,29,30);/q-1;+1/t23-;/m0./s1. The van der Waals surface area contributed by atoms with Gasteiger partial charge >= 0.3 is 70.3 Å². The molecule has 11 nitrogen and oxygen atoms in total. The molecule has 2 aromatic rings. The number of benzene rings is 2. The molecule has 0 bridgehead atoms. The van der Waals surface area contributed by atoms with Gasteiger partial charge in [0.15, 0.2) is 5.96 Å². The summed E-state index contributed by atoms with van der Waals surface area (Å²) in [7, 11) is 0. The predicted molar refractivity (Wildman–Crippen MR) is 143 cm³/mol. The number of nitrogens with zero attached hydrogens (tertiary/aromatic N) is 3. The van der Waals surface area contributed by atoms with Crippen molar-refractivity contribution >= 4 is 35.3 Å². The molecule has 1 atom stereocenters. The van der Waals surface area contributed by atoms with Crippen LogP contribution in [0, 0.1) is 6.07 Å². The summed E-state index contributed by atoms with van der Waals surface area (Å²) in [6.45, 7) is 4.04. The van der Waals surface area contributed by atoms with Crippen molar-refractivity contribution in [2.24, 2.45) is 4.99 Å². The number of nitrogens with one attached hydrogen (secondary N) is 3. The largest absolute Gasteiger partial charge is 1.00 e. The van der Waals surface area contributed by atoms with Gasteiger partial charge in [-0.15, -0.1) is 12.1 Å².